The summed E-state index contributed by atoms with van der Waals surface area (Å²) >= 11 is 0. The molecule has 0 aromatic carbocycles. The smallest absolute Gasteiger partial charge is 0.247 e. The first kappa shape index (κ1) is 13.9. The Balaban J connectivity index is 2.44. The summed E-state index contributed by atoms with van der Waals surface area (Å²) < 4.78 is 26.5. The maximum Gasteiger partial charge on any atom is 0.247 e. The number of pyridine rings is 1. The molecule has 0 spiro atoms. The lowest BCUT2D eigenvalue weighted by Crippen LogP contribution is -2.45. The van der Waals surface area contributed by atoms with Crippen molar-refractivity contribution >= 4 is 10.0 Å². The van der Waals surface area contributed by atoms with Crippen LogP contribution in [0.4, 0.5) is 0 Å². The van der Waals surface area contributed by atoms with Crippen molar-refractivity contribution < 1.29 is 8.42 Å². The van der Waals surface area contributed by atoms with Gasteiger partial charge in [0.2, 0.25) is 10.0 Å². The van der Waals surface area contributed by atoms with E-state index in [1.807, 2.05) is 6.07 Å². The first-order chi connectivity index (χ1) is 9.07. The average molecular weight is 280 g/mol. The summed E-state index contributed by atoms with van der Waals surface area (Å²) in [6.07, 6.45) is 4.19. The second kappa shape index (κ2) is 5.65. The molecule has 2 heterocycles. The monoisotopic (exact) mass is 280 g/mol. The quantitative estimate of drug-likeness (QED) is 0.863. The van der Waals surface area contributed by atoms with Crippen LogP contribution in [0.25, 0.3) is 0 Å². The molecule has 0 bridgehead atoms. The molecular formula is C12H16N4O2S. The zero-order valence-corrected chi connectivity index (χ0v) is 11.3. The van der Waals surface area contributed by atoms with Gasteiger partial charge in [-0.25, -0.2) is 13.4 Å². The van der Waals surface area contributed by atoms with Crippen molar-refractivity contribution in [3.63, 3.8) is 0 Å². The Kier molecular flexibility index (Phi) is 4.14. The lowest BCUT2D eigenvalue weighted by atomic mass is 10.2. The Morgan fingerprint density at radius 2 is 2.21 bits per heavy atom. The Labute approximate surface area is 112 Å². The summed E-state index contributed by atoms with van der Waals surface area (Å²) in [6.45, 7) is 0.392. The zero-order chi connectivity index (χ0) is 13.9. The van der Waals surface area contributed by atoms with Crippen molar-refractivity contribution in [2.45, 2.75) is 36.7 Å². The first-order valence-electron chi connectivity index (χ1n) is 6.20. The van der Waals surface area contributed by atoms with E-state index in [1.54, 1.807) is 0 Å². The summed E-state index contributed by atoms with van der Waals surface area (Å²) in [6, 6.07) is 4.73. The van der Waals surface area contributed by atoms with E-state index in [1.165, 1.54) is 22.6 Å². The third-order valence-corrected chi connectivity index (χ3v) is 5.17. The van der Waals surface area contributed by atoms with Crippen molar-refractivity contribution in [1.82, 2.24) is 9.29 Å². The average Bonchev–Trinajstić information content (AvgIpc) is 2.63. The van der Waals surface area contributed by atoms with Crippen molar-refractivity contribution in [2.24, 2.45) is 5.73 Å². The van der Waals surface area contributed by atoms with E-state index >= 15 is 0 Å². The SMILES string of the molecule is N#Cc1ncccc1S(=O)(=O)N1CCCCCC1N. The molecule has 7 heteroatoms. The molecule has 19 heavy (non-hydrogen) atoms. The minimum atomic E-state index is -3.75. The van der Waals surface area contributed by atoms with Gasteiger partial charge in [0, 0.05) is 12.7 Å². The summed E-state index contributed by atoms with van der Waals surface area (Å²) in [7, 11) is -3.75. The highest BCUT2D eigenvalue weighted by Crippen LogP contribution is 2.23. The fourth-order valence-electron chi connectivity index (χ4n) is 2.22. The maximum atomic E-state index is 12.6. The molecule has 2 N–H and O–H groups in total. The van der Waals surface area contributed by atoms with Gasteiger partial charge in [-0.2, -0.15) is 9.57 Å². The van der Waals surface area contributed by atoms with Gasteiger partial charge in [0.1, 0.15) is 11.0 Å². The van der Waals surface area contributed by atoms with E-state index in [-0.39, 0.29) is 10.6 Å². The molecule has 1 saturated heterocycles. The van der Waals surface area contributed by atoms with Crippen molar-refractivity contribution in [3.8, 4) is 6.07 Å². The second-order valence-electron chi connectivity index (χ2n) is 4.49. The van der Waals surface area contributed by atoms with Gasteiger partial charge in [0.05, 0.1) is 6.17 Å². The van der Waals surface area contributed by atoms with Crippen LogP contribution in [0.15, 0.2) is 23.2 Å². The fourth-order valence-corrected chi connectivity index (χ4v) is 3.89. The predicted octanol–water partition coefficient (Wildman–Crippen LogP) is 0.803. The molecule has 0 aliphatic carbocycles. The van der Waals surface area contributed by atoms with Gasteiger partial charge in [-0.15, -0.1) is 0 Å². The van der Waals surface area contributed by atoms with Crippen molar-refractivity contribution in [2.75, 3.05) is 6.54 Å². The minimum absolute atomic E-state index is 0.0603. The molecule has 1 aromatic rings. The second-order valence-corrected chi connectivity index (χ2v) is 6.35. The molecule has 0 amide bonds. The van der Waals surface area contributed by atoms with Crippen LogP contribution in [-0.2, 0) is 10.0 Å². The standard InChI is InChI=1S/C12H16N4O2S/c13-9-10-11(5-4-7-15-10)19(17,18)16-8-3-1-2-6-12(16)14/h4-5,7,12H,1-3,6,8,14H2. The van der Waals surface area contributed by atoms with Crippen LogP contribution in [0.2, 0.25) is 0 Å². The summed E-state index contributed by atoms with van der Waals surface area (Å²) in [5.41, 5.74) is 5.85. The number of nitriles is 1. The molecule has 1 aliphatic heterocycles. The van der Waals surface area contributed by atoms with E-state index in [2.05, 4.69) is 4.98 Å². The van der Waals surface area contributed by atoms with E-state index in [4.69, 9.17) is 11.0 Å². The molecule has 0 saturated carbocycles. The van der Waals surface area contributed by atoms with E-state index in [0.717, 1.165) is 19.3 Å². The fraction of sp³-hybridized carbons (Fsp3) is 0.500. The van der Waals surface area contributed by atoms with Gasteiger partial charge in [-0.05, 0) is 25.0 Å². The lowest BCUT2D eigenvalue weighted by Gasteiger charge is -2.26. The summed E-state index contributed by atoms with van der Waals surface area (Å²) in [5.74, 6) is 0. The van der Waals surface area contributed by atoms with Crippen LogP contribution in [-0.4, -0.2) is 30.4 Å². The molecule has 6 nitrogen and oxygen atoms in total. The minimum Gasteiger partial charge on any atom is -0.315 e. The Hall–Kier alpha value is -1.49. The topological polar surface area (TPSA) is 100 Å². The Morgan fingerprint density at radius 1 is 1.42 bits per heavy atom. The van der Waals surface area contributed by atoms with Crippen LogP contribution in [0.1, 0.15) is 31.4 Å². The molecule has 1 atom stereocenters. The van der Waals surface area contributed by atoms with Crippen LogP contribution in [0.5, 0.6) is 0 Å². The first-order valence-corrected chi connectivity index (χ1v) is 7.64. The van der Waals surface area contributed by atoms with Crippen molar-refractivity contribution in [3.05, 3.63) is 24.0 Å². The van der Waals surface area contributed by atoms with Crippen LogP contribution >= 0.6 is 0 Å². The molecule has 2 rings (SSSR count). The van der Waals surface area contributed by atoms with E-state index in [0.29, 0.717) is 13.0 Å². The largest absolute Gasteiger partial charge is 0.315 e. The van der Waals surface area contributed by atoms with Gasteiger partial charge in [0.15, 0.2) is 5.69 Å². The summed E-state index contributed by atoms with van der Waals surface area (Å²) in [5, 5.41) is 8.97. The van der Waals surface area contributed by atoms with E-state index < -0.39 is 16.2 Å². The van der Waals surface area contributed by atoms with E-state index in [9.17, 15) is 8.42 Å². The number of hydrogen-bond acceptors (Lipinski definition) is 5. The molecule has 1 fully saturated rings. The lowest BCUT2D eigenvalue weighted by molar-refractivity contribution is 0.329. The zero-order valence-electron chi connectivity index (χ0n) is 10.5. The number of hydrogen-bond donors (Lipinski definition) is 1. The Morgan fingerprint density at radius 3 is 2.95 bits per heavy atom. The number of rotatable bonds is 2. The molecular weight excluding hydrogens is 264 g/mol. The van der Waals surface area contributed by atoms with Crippen LogP contribution in [0, 0.1) is 11.3 Å². The number of nitrogens with zero attached hydrogens (tertiary/aromatic N) is 3. The number of aromatic nitrogens is 1. The van der Waals surface area contributed by atoms with Crippen LogP contribution in [0.3, 0.4) is 0 Å². The predicted molar refractivity (Wildman–Crippen MR) is 69.3 cm³/mol. The molecule has 1 aromatic heterocycles. The molecule has 1 unspecified atom stereocenters. The normalized spacial score (nSPS) is 21.6. The highest BCUT2D eigenvalue weighted by Gasteiger charge is 2.32. The van der Waals surface area contributed by atoms with Gasteiger partial charge in [-0.1, -0.05) is 12.8 Å². The molecule has 1 aliphatic rings. The highest BCUT2D eigenvalue weighted by atomic mass is 32.2. The van der Waals surface area contributed by atoms with Gasteiger partial charge in [0.25, 0.3) is 0 Å². The Bertz CT molecular complexity index is 594. The summed E-state index contributed by atoms with van der Waals surface area (Å²) in [4.78, 5) is 3.74. The van der Waals surface area contributed by atoms with Gasteiger partial charge >= 0.3 is 0 Å². The maximum absolute atomic E-state index is 12.6. The van der Waals surface area contributed by atoms with Gasteiger partial charge < -0.3 is 5.73 Å². The van der Waals surface area contributed by atoms with Crippen LogP contribution < -0.4 is 5.73 Å². The molecule has 0 radical (unpaired) electrons. The number of sulfonamides is 1. The van der Waals surface area contributed by atoms with Gasteiger partial charge in [-0.3, -0.25) is 0 Å². The third kappa shape index (κ3) is 2.76. The highest BCUT2D eigenvalue weighted by molar-refractivity contribution is 7.89. The van der Waals surface area contributed by atoms with Crippen molar-refractivity contribution in [1.29, 1.82) is 5.26 Å². The third-order valence-electron chi connectivity index (χ3n) is 3.21. The molecule has 102 valence electrons. The number of nitrogens with two attached hydrogens (primary N) is 1.